The second-order valence-electron chi connectivity index (χ2n) is 5.77. The second kappa shape index (κ2) is 9.40. The Morgan fingerprint density at radius 1 is 1.25 bits per heavy atom. The topological polar surface area (TPSA) is 60.7 Å². The van der Waals surface area contributed by atoms with Gasteiger partial charge in [-0.1, -0.05) is 35.5 Å². The van der Waals surface area contributed by atoms with Crippen LogP contribution in [0.15, 0.2) is 58.4 Å². The Labute approximate surface area is 171 Å². The van der Waals surface area contributed by atoms with E-state index in [0.717, 1.165) is 15.1 Å². The van der Waals surface area contributed by atoms with Crippen LogP contribution in [-0.4, -0.2) is 29.3 Å². The predicted molar refractivity (Wildman–Crippen MR) is 112 cm³/mol. The van der Waals surface area contributed by atoms with E-state index < -0.39 is 5.97 Å². The van der Waals surface area contributed by atoms with Crippen LogP contribution in [0.2, 0.25) is 0 Å². The van der Waals surface area contributed by atoms with Crippen LogP contribution in [-0.2, 0) is 16.1 Å². The molecule has 0 unspecified atom stereocenters. The quantitative estimate of drug-likeness (QED) is 0.353. The molecule has 0 bridgehead atoms. The highest BCUT2D eigenvalue weighted by molar-refractivity contribution is 7.99. The molecule has 0 N–H and O–H groups in total. The molecule has 2 aromatic carbocycles. The molecule has 0 aliphatic rings. The van der Waals surface area contributed by atoms with E-state index in [1.165, 1.54) is 18.4 Å². The number of esters is 1. The molecule has 0 aliphatic heterocycles. The molecule has 5 nitrogen and oxygen atoms in total. The maximum Gasteiger partial charge on any atom is 0.337 e. The van der Waals surface area contributed by atoms with Crippen LogP contribution in [0.3, 0.4) is 0 Å². The summed E-state index contributed by atoms with van der Waals surface area (Å²) in [6.45, 7) is 0.294. The van der Waals surface area contributed by atoms with Crippen LogP contribution < -0.4 is 4.80 Å². The lowest BCUT2D eigenvalue weighted by molar-refractivity contribution is -0.117. The zero-order chi connectivity index (χ0) is 19.9. The summed E-state index contributed by atoms with van der Waals surface area (Å²) in [5.41, 5.74) is 1.28. The van der Waals surface area contributed by atoms with Crippen molar-refractivity contribution in [3.05, 3.63) is 58.9 Å². The van der Waals surface area contributed by atoms with Crippen LogP contribution in [0.4, 0.5) is 0 Å². The van der Waals surface area contributed by atoms with Gasteiger partial charge in [0.15, 0.2) is 4.80 Å². The van der Waals surface area contributed by atoms with Crippen LogP contribution in [0, 0.1) is 12.3 Å². The number of methoxy groups -OCH3 is 1. The molecule has 3 rings (SSSR count). The monoisotopic (exact) mass is 410 g/mol. The van der Waals surface area contributed by atoms with E-state index >= 15 is 0 Å². The van der Waals surface area contributed by atoms with Gasteiger partial charge < -0.3 is 9.30 Å². The molecule has 0 saturated heterocycles. The van der Waals surface area contributed by atoms with Crippen LogP contribution in [0.1, 0.15) is 16.8 Å². The number of thioether (sulfide) groups is 1. The average molecular weight is 411 g/mol. The van der Waals surface area contributed by atoms with E-state index in [0.29, 0.717) is 29.1 Å². The first-order valence-electron chi connectivity index (χ1n) is 8.53. The van der Waals surface area contributed by atoms with Gasteiger partial charge >= 0.3 is 5.97 Å². The van der Waals surface area contributed by atoms with Crippen molar-refractivity contribution in [2.75, 3.05) is 12.9 Å². The van der Waals surface area contributed by atoms with E-state index in [1.807, 2.05) is 34.9 Å². The van der Waals surface area contributed by atoms with E-state index in [1.54, 1.807) is 30.0 Å². The predicted octanol–water partition coefficient (Wildman–Crippen LogP) is 3.73. The third kappa shape index (κ3) is 4.71. The number of hydrogen-bond acceptors (Lipinski definition) is 5. The molecule has 142 valence electrons. The first kappa shape index (κ1) is 19.9. The number of hydrogen-bond donors (Lipinski definition) is 0. The van der Waals surface area contributed by atoms with Crippen molar-refractivity contribution < 1.29 is 14.3 Å². The summed E-state index contributed by atoms with van der Waals surface area (Å²) >= 11 is 2.95. The Morgan fingerprint density at radius 3 is 2.75 bits per heavy atom. The van der Waals surface area contributed by atoms with Crippen molar-refractivity contribution >= 4 is 45.2 Å². The number of carbonyl (C=O) groups is 2. The van der Waals surface area contributed by atoms with Gasteiger partial charge in [0.25, 0.3) is 0 Å². The minimum atomic E-state index is -0.411. The number of aromatic nitrogens is 1. The molecule has 1 aromatic heterocycles. The number of rotatable bonds is 6. The largest absolute Gasteiger partial charge is 0.465 e. The van der Waals surface area contributed by atoms with Crippen molar-refractivity contribution in [2.24, 2.45) is 4.99 Å². The molecular weight excluding hydrogens is 392 g/mol. The summed E-state index contributed by atoms with van der Waals surface area (Å²) in [6, 6.07) is 15.1. The van der Waals surface area contributed by atoms with Gasteiger partial charge in [-0.05, 0) is 30.3 Å². The average Bonchev–Trinajstić information content (AvgIpc) is 3.04. The van der Waals surface area contributed by atoms with Gasteiger partial charge in [-0.15, -0.1) is 18.2 Å². The number of nitrogens with zero attached hydrogens (tertiary/aromatic N) is 2. The number of carbonyl (C=O) groups excluding carboxylic acids is 2. The number of terminal acetylenes is 1. The third-order valence-electron chi connectivity index (χ3n) is 3.90. The zero-order valence-electron chi connectivity index (χ0n) is 15.3. The number of thiazole rings is 1. The SMILES string of the molecule is C#CCn1c(=NC(=O)CCSc2ccccc2)sc2cc(C(=O)OC)ccc21. The molecule has 28 heavy (non-hydrogen) atoms. The maximum atomic E-state index is 12.3. The summed E-state index contributed by atoms with van der Waals surface area (Å²) in [6.07, 6.45) is 5.82. The summed E-state index contributed by atoms with van der Waals surface area (Å²) in [5, 5.41) is 0. The molecule has 0 aliphatic carbocycles. The lowest BCUT2D eigenvalue weighted by Gasteiger charge is -2.02. The van der Waals surface area contributed by atoms with Crippen LogP contribution in [0.25, 0.3) is 10.2 Å². The molecule has 7 heteroatoms. The van der Waals surface area contributed by atoms with Gasteiger partial charge in [0, 0.05) is 17.1 Å². The Hall–Kier alpha value is -2.82. The Bertz CT molecular complexity index is 1110. The van der Waals surface area contributed by atoms with Crippen molar-refractivity contribution in [1.29, 1.82) is 0 Å². The van der Waals surface area contributed by atoms with Crippen molar-refractivity contribution in [3.63, 3.8) is 0 Å². The second-order valence-corrected chi connectivity index (χ2v) is 7.94. The first-order chi connectivity index (χ1) is 13.6. The zero-order valence-corrected chi connectivity index (χ0v) is 16.9. The molecule has 0 radical (unpaired) electrons. The molecule has 0 saturated carbocycles. The summed E-state index contributed by atoms with van der Waals surface area (Å²) in [7, 11) is 1.34. The van der Waals surface area contributed by atoms with Crippen molar-refractivity contribution in [2.45, 2.75) is 17.9 Å². The van der Waals surface area contributed by atoms with E-state index in [9.17, 15) is 9.59 Å². The fourth-order valence-corrected chi connectivity index (χ4v) is 4.53. The minimum absolute atomic E-state index is 0.200. The molecular formula is C21H18N2O3S2. The molecule has 1 amide bonds. The van der Waals surface area contributed by atoms with Gasteiger partial charge in [-0.25, -0.2) is 4.79 Å². The van der Waals surface area contributed by atoms with Crippen molar-refractivity contribution in [1.82, 2.24) is 4.57 Å². The van der Waals surface area contributed by atoms with Gasteiger partial charge in [-0.2, -0.15) is 4.99 Å². The fraction of sp³-hybridized carbons (Fsp3) is 0.190. The van der Waals surface area contributed by atoms with E-state index in [-0.39, 0.29) is 5.91 Å². The van der Waals surface area contributed by atoms with E-state index in [2.05, 4.69) is 10.9 Å². The minimum Gasteiger partial charge on any atom is -0.465 e. The fourth-order valence-electron chi connectivity index (χ4n) is 2.58. The first-order valence-corrected chi connectivity index (χ1v) is 10.3. The van der Waals surface area contributed by atoms with Gasteiger partial charge in [0.1, 0.15) is 0 Å². The number of benzene rings is 2. The molecule has 3 aromatic rings. The van der Waals surface area contributed by atoms with E-state index in [4.69, 9.17) is 11.2 Å². The maximum absolute atomic E-state index is 12.3. The number of amides is 1. The van der Waals surface area contributed by atoms with Crippen LogP contribution >= 0.6 is 23.1 Å². The summed E-state index contributed by atoms with van der Waals surface area (Å²) < 4.78 is 7.39. The van der Waals surface area contributed by atoms with Crippen molar-refractivity contribution in [3.8, 4) is 12.3 Å². The lowest BCUT2D eigenvalue weighted by Crippen LogP contribution is -2.16. The normalized spacial score (nSPS) is 11.4. The van der Waals surface area contributed by atoms with Gasteiger partial charge in [0.2, 0.25) is 5.91 Å². The van der Waals surface area contributed by atoms with Gasteiger partial charge in [0.05, 0.1) is 29.4 Å². The third-order valence-corrected chi connectivity index (χ3v) is 5.96. The summed E-state index contributed by atoms with van der Waals surface area (Å²) in [4.78, 5) is 30.0. The standard InChI is InChI=1S/C21H18N2O3S2/c1-3-12-23-17-10-9-15(20(25)26-2)14-18(17)28-21(23)22-19(24)11-13-27-16-7-5-4-6-8-16/h1,4-10,14H,11-13H2,2H3. The molecule has 0 atom stereocenters. The Morgan fingerprint density at radius 2 is 2.04 bits per heavy atom. The molecule has 1 heterocycles. The highest BCUT2D eigenvalue weighted by Gasteiger charge is 2.11. The van der Waals surface area contributed by atoms with Crippen LogP contribution in [0.5, 0.6) is 0 Å². The smallest absolute Gasteiger partial charge is 0.337 e. The number of ether oxygens (including phenoxy) is 1. The highest BCUT2D eigenvalue weighted by Crippen LogP contribution is 2.20. The highest BCUT2D eigenvalue weighted by atomic mass is 32.2. The molecule has 0 spiro atoms. The Kier molecular flexibility index (Phi) is 6.69. The summed E-state index contributed by atoms with van der Waals surface area (Å²) in [5.74, 6) is 2.63. The lowest BCUT2D eigenvalue weighted by atomic mass is 10.2. The van der Waals surface area contributed by atoms with Gasteiger partial charge in [-0.3, -0.25) is 4.79 Å². The number of fused-ring (bicyclic) bond motifs is 1. The Balaban J connectivity index is 1.83. The molecule has 0 fully saturated rings.